The lowest BCUT2D eigenvalue weighted by Crippen LogP contribution is -1.79. The van der Waals surface area contributed by atoms with Crippen LogP contribution in [0.15, 0.2) is 66.7 Å². The summed E-state index contributed by atoms with van der Waals surface area (Å²) in [5.41, 5.74) is 3.83. The fraction of sp³-hybridized carbons (Fsp3) is 0.0909. The molecule has 1 heteroatoms. The van der Waals surface area contributed by atoms with E-state index in [0.717, 1.165) is 6.42 Å². The summed E-state index contributed by atoms with van der Waals surface area (Å²) < 4.78 is 0. The van der Waals surface area contributed by atoms with Crippen molar-refractivity contribution < 1.29 is 0 Å². The number of aromatic amines is 1. The topological polar surface area (TPSA) is 15.8 Å². The quantitative estimate of drug-likeness (QED) is 0.355. The molecule has 0 aliphatic heterocycles. The minimum absolute atomic E-state index is 1.07. The second-order valence-corrected chi connectivity index (χ2v) is 6.27. The fourth-order valence-electron chi connectivity index (χ4n) is 3.69. The maximum Gasteiger partial charge on any atom is 0.0471 e. The minimum atomic E-state index is 1.07. The number of benzene rings is 4. The van der Waals surface area contributed by atoms with Gasteiger partial charge < -0.3 is 4.98 Å². The lowest BCUT2D eigenvalue weighted by molar-refractivity contribution is 1.14. The molecule has 1 heterocycles. The number of H-pyrrole nitrogens is 1. The van der Waals surface area contributed by atoms with Gasteiger partial charge in [-0.25, -0.2) is 0 Å². The normalized spacial score (nSPS) is 11.9. The standard InChI is InChI=1S/C22H17N/c1-2-14-7-9-18-21(11-14)23-20-10-8-17-12-15-5-3-4-6-16(15)13-19(17)22(18)20/h3-13,23H,2H2,1H3. The van der Waals surface area contributed by atoms with Crippen molar-refractivity contribution in [1.82, 2.24) is 4.98 Å². The average molecular weight is 295 g/mol. The summed E-state index contributed by atoms with van der Waals surface area (Å²) >= 11 is 0. The minimum Gasteiger partial charge on any atom is -0.354 e. The van der Waals surface area contributed by atoms with Gasteiger partial charge in [0, 0.05) is 21.8 Å². The molecule has 110 valence electrons. The van der Waals surface area contributed by atoms with Gasteiger partial charge in [-0.15, -0.1) is 0 Å². The Balaban J connectivity index is 1.98. The van der Waals surface area contributed by atoms with Crippen LogP contribution in [0.4, 0.5) is 0 Å². The van der Waals surface area contributed by atoms with Gasteiger partial charge in [0.25, 0.3) is 0 Å². The SMILES string of the molecule is CCc1ccc2c(c1)[nH]c1ccc3cc4ccccc4cc3c12. The molecule has 4 aromatic carbocycles. The monoisotopic (exact) mass is 295 g/mol. The molecule has 0 aliphatic rings. The number of aromatic nitrogens is 1. The first kappa shape index (κ1) is 12.7. The van der Waals surface area contributed by atoms with Crippen molar-refractivity contribution in [3.05, 3.63) is 72.3 Å². The molecular weight excluding hydrogens is 278 g/mol. The van der Waals surface area contributed by atoms with E-state index in [0.29, 0.717) is 0 Å². The maximum absolute atomic E-state index is 3.59. The van der Waals surface area contributed by atoms with Crippen LogP contribution in [0.3, 0.4) is 0 Å². The second-order valence-electron chi connectivity index (χ2n) is 6.27. The first-order valence-electron chi connectivity index (χ1n) is 8.19. The lowest BCUT2D eigenvalue weighted by Gasteiger charge is -2.04. The third-order valence-corrected chi connectivity index (χ3v) is 4.92. The Morgan fingerprint density at radius 1 is 0.696 bits per heavy atom. The summed E-state index contributed by atoms with van der Waals surface area (Å²) in [6.45, 7) is 2.20. The second kappa shape index (κ2) is 4.60. The summed E-state index contributed by atoms with van der Waals surface area (Å²) in [4.78, 5) is 3.59. The Hall–Kier alpha value is -2.80. The summed E-state index contributed by atoms with van der Waals surface area (Å²) in [6, 6.07) is 24.4. The van der Waals surface area contributed by atoms with Gasteiger partial charge in [0.15, 0.2) is 0 Å². The van der Waals surface area contributed by atoms with Crippen LogP contribution in [0.1, 0.15) is 12.5 Å². The van der Waals surface area contributed by atoms with E-state index < -0.39 is 0 Å². The Morgan fingerprint density at radius 3 is 2.35 bits per heavy atom. The summed E-state index contributed by atoms with van der Waals surface area (Å²) in [7, 11) is 0. The van der Waals surface area contributed by atoms with E-state index in [1.807, 2.05) is 0 Å². The van der Waals surface area contributed by atoms with Crippen molar-refractivity contribution in [1.29, 1.82) is 0 Å². The molecule has 0 unspecified atom stereocenters. The molecule has 0 saturated carbocycles. The van der Waals surface area contributed by atoms with E-state index in [2.05, 4.69) is 78.6 Å². The summed E-state index contributed by atoms with van der Waals surface area (Å²) in [6.07, 6.45) is 1.07. The molecule has 0 spiro atoms. The molecule has 5 aromatic rings. The molecule has 0 aliphatic carbocycles. The number of hydrogen-bond acceptors (Lipinski definition) is 0. The van der Waals surface area contributed by atoms with Gasteiger partial charge in [-0.1, -0.05) is 49.4 Å². The zero-order valence-corrected chi connectivity index (χ0v) is 13.1. The van der Waals surface area contributed by atoms with Crippen molar-refractivity contribution >= 4 is 43.4 Å². The average Bonchev–Trinajstić information content (AvgIpc) is 2.97. The van der Waals surface area contributed by atoms with E-state index in [4.69, 9.17) is 0 Å². The van der Waals surface area contributed by atoms with E-state index in [1.54, 1.807) is 0 Å². The van der Waals surface area contributed by atoms with Gasteiger partial charge in [-0.2, -0.15) is 0 Å². The van der Waals surface area contributed by atoms with Crippen LogP contribution in [0, 0.1) is 0 Å². The lowest BCUT2D eigenvalue weighted by atomic mass is 9.99. The molecule has 0 fully saturated rings. The Morgan fingerprint density at radius 2 is 1.52 bits per heavy atom. The first-order valence-corrected chi connectivity index (χ1v) is 8.19. The summed E-state index contributed by atoms with van der Waals surface area (Å²) in [5.74, 6) is 0. The number of rotatable bonds is 1. The van der Waals surface area contributed by atoms with Crippen molar-refractivity contribution in [3.63, 3.8) is 0 Å². The predicted molar refractivity (Wildman–Crippen MR) is 100 cm³/mol. The van der Waals surface area contributed by atoms with Gasteiger partial charge in [0.05, 0.1) is 0 Å². The van der Waals surface area contributed by atoms with Gasteiger partial charge in [0.2, 0.25) is 0 Å². The van der Waals surface area contributed by atoms with E-state index in [1.165, 1.54) is 48.9 Å². The van der Waals surface area contributed by atoms with E-state index in [-0.39, 0.29) is 0 Å². The molecular formula is C22H17N. The highest BCUT2D eigenvalue weighted by atomic mass is 14.7. The molecule has 0 bridgehead atoms. The Bertz CT molecular complexity index is 1190. The fourth-order valence-corrected chi connectivity index (χ4v) is 3.69. The van der Waals surface area contributed by atoms with Gasteiger partial charge in [-0.3, -0.25) is 0 Å². The van der Waals surface area contributed by atoms with Crippen LogP contribution >= 0.6 is 0 Å². The molecule has 1 N–H and O–H groups in total. The molecule has 0 atom stereocenters. The number of nitrogens with one attached hydrogen (secondary N) is 1. The van der Waals surface area contributed by atoms with E-state index in [9.17, 15) is 0 Å². The molecule has 23 heavy (non-hydrogen) atoms. The van der Waals surface area contributed by atoms with Gasteiger partial charge in [0.1, 0.15) is 0 Å². The number of hydrogen-bond donors (Lipinski definition) is 1. The molecule has 0 radical (unpaired) electrons. The van der Waals surface area contributed by atoms with Crippen LogP contribution in [0.25, 0.3) is 43.4 Å². The van der Waals surface area contributed by atoms with Crippen molar-refractivity contribution in [3.8, 4) is 0 Å². The summed E-state index contributed by atoms with van der Waals surface area (Å²) in [5, 5.41) is 7.89. The first-order chi connectivity index (χ1) is 11.3. The van der Waals surface area contributed by atoms with Gasteiger partial charge in [-0.05, 0) is 57.8 Å². The molecule has 1 nitrogen and oxygen atoms in total. The molecule has 5 rings (SSSR count). The smallest absolute Gasteiger partial charge is 0.0471 e. The highest BCUT2D eigenvalue weighted by Gasteiger charge is 2.09. The van der Waals surface area contributed by atoms with Crippen LogP contribution in [0.5, 0.6) is 0 Å². The van der Waals surface area contributed by atoms with Crippen molar-refractivity contribution in [2.24, 2.45) is 0 Å². The van der Waals surface area contributed by atoms with Crippen LogP contribution in [0.2, 0.25) is 0 Å². The van der Waals surface area contributed by atoms with Crippen molar-refractivity contribution in [2.75, 3.05) is 0 Å². The van der Waals surface area contributed by atoms with Gasteiger partial charge >= 0.3 is 0 Å². The largest absolute Gasteiger partial charge is 0.354 e. The molecule has 0 saturated heterocycles. The van der Waals surface area contributed by atoms with Crippen LogP contribution in [-0.2, 0) is 6.42 Å². The van der Waals surface area contributed by atoms with Crippen molar-refractivity contribution in [2.45, 2.75) is 13.3 Å². The van der Waals surface area contributed by atoms with Crippen LogP contribution < -0.4 is 0 Å². The zero-order chi connectivity index (χ0) is 15.4. The third kappa shape index (κ3) is 1.80. The third-order valence-electron chi connectivity index (χ3n) is 4.92. The predicted octanol–water partition coefficient (Wildman–Crippen LogP) is 6.19. The number of aryl methyl sites for hydroxylation is 1. The molecule has 1 aromatic heterocycles. The maximum atomic E-state index is 3.59. The number of fused-ring (bicyclic) bond motifs is 6. The zero-order valence-electron chi connectivity index (χ0n) is 13.1. The highest BCUT2D eigenvalue weighted by Crippen LogP contribution is 2.34. The molecule has 0 amide bonds. The highest BCUT2D eigenvalue weighted by molar-refractivity contribution is 6.22. The Labute approximate surface area is 134 Å². The van der Waals surface area contributed by atoms with E-state index >= 15 is 0 Å². The van der Waals surface area contributed by atoms with Crippen LogP contribution in [-0.4, -0.2) is 4.98 Å². The Kier molecular flexibility index (Phi) is 2.54.